The van der Waals surface area contributed by atoms with E-state index in [4.69, 9.17) is 64.8 Å². The Kier molecular flexibility index (Phi) is 17.5. The molecule has 0 aliphatic heterocycles. The minimum atomic E-state index is 0.377. The van der Waals surface area contributed by atoms with Crippen LogP contribution < -0.4 is 0 Å². The first-order valence-corrected chi connectivity index (χ1v) is 38.7. The van der Waals surface area contributed by atoms with E-state index in [1.165, 1.54) is 0 Å². The van der Waals surface area contributed by atoms with Crippen molar-refractivity contribution in [1.29, 1.82) is 5.26 Å². The predicted molar refractivity (Wildman–Crippen MR) is 467 cm³/mol. The van der Waals surface area contributed by atoms with E-state index >= 15 is 0 Å². The zero-order valence-corrected chi connectivity index (χ0v) is 63.0. The third-order valence-electron chi connectivity index (χ3n) is 21.2. The van der Waals surface area contributed by atoms with Crippen LogP contribution in [0.5, 0.6) is 0 Å². The zero-order chi connectivity index (χ0) is 78.4. The lowest BCUT2D eigenvalue weighted by Crippen LogP contribution is -2.05. The van der Waals surface area contributed by atoms with Gasteiger partial charge in [0.1, 0.15) is 6.07 Å². The molecular formula is C102H62N16. The molecule has 0 aliphatic rings. The van der Waals surface area contributed by atoms with Crippen LogP contribution in [0, 0.1) is 11.3 Å². The second kappa shape index (κ2) is 29.8. The number of rotatable bonds is 16. The highest BCUT2D eigenvalue weighted by Crippen LogP contribution is 2.45. The molecule has 16 nitrogen and oxygen atoms in total. The van der Waals surface area contributed by atoms with Crippen molar-refractivity contribution in [3.8, 4) is 177 Å². The van der Waals surface area contributed by atoms with E-state index < -0.39 is 0 Å². The van der Waals surface area contributed by atoms with Crippen LogP contribution in [0.2, 0.25) is 0 Å². The van der Waals surface area contributed by atoms with E-state index in [0.717, 1.165) is 127 Å². The van der Waals surface area contributed by atoms with Crippen molar-refractivity contribution in [2.45, 2.75) is 0 Å². The van der Waals surface area contributed by atoms with E-state index in [2.05, 4.69) is 106 Å². The van der Waals surface area contributed by atoms with Crippen LogP contribution in [0.4, 0.5) is 0 Å². The maximum atomic E-state index is 12.3. The van der Waals surface area contributed by atoms with Crippen LogP contribution in [0.3, 0.4) is 0 Å². The van der Waals surface area contributed by atoms with E-state index in [0.29, 0.717) is 92.5 Å². The Morgan fingerprint density at radius 2 is 0.398 bits per heavy atom. The standard InChI is InChI=1S/C102H62N16/c103-63-77-61-90(118-87-55-51-75(101-113-95(69-39-20-6-21-40-69)107-96(114-101)70-41-22-7-23-42-70)59-80(87)81-60-76(52-56-88(81)118)102-115-97(71-43-24-8-25-44-71)108-98(116-102)72-45-26-9-27-46-72)82(84-48-28-47-83(104-84)64-29-10-1-11-30-64)62-89(77)117-85-53-49-73(99-109-91(65-31-12-2-13-32-65)105-92(110-99)66-33-14-3-15-34-66)57-78(85)79-58-74(50-54-86(79)117)100-111-93(67-35-16-4-17-36-67)106-94(112-100)68-37-18-5-19-38-68/h1-62H. The highest BCUT2D eigenvalue weighted by molar-refractivity contribution is 6.14. The number of nitrogens with zero attached hydrogens (tertiary/aromatic N) is 16. The maximum absolute atomic E-state index is 12.3. The number of hydrogen-bond donors (Lipinski definition) is 0. The van der Waals surface area contributed by atoms with Gasteiger partial charge in [0.05, 0.1) is 50.4 Å². The molecule has 0 atom stereocenters. The summed E-state index contributed by atoms with van der Waals surface area (Å²) in [6, 6.07) is 128. The molecule has 0 aliphatic carbocycles. The van der Waals surface area contributed by atoms with Gasteiger partial charge >= 0.3 is 0 Å². The Balaban J connectivity index is 0.823. The van der Waals surface area contributed by atoms with Gasteiger partial charge < -0.3 is 9.13 Å². The molecule has 0 unspecified atom stereocenters. The molecule has 0 bridgehead atoms. The van der Waals surface area contributed by atoms with Crippen LogP contribution in [0.1, 0.15) is 5.56 Å². The third kappa shape index (κ3) is 13.1. The summed E-state index contributed by atoms with van der Waals surface area (Å²) in [5.41, 5.74) is 17.8. The molecule has 7 heterocycles. The van der Waals surface area contributed by atoms with Crippen molar-refractivity contribution >= 4 is 43.6 Å². The Hall–Kier alpha value is -16.6. The largest absolute Gasteiger partial charge is 0.309 e. The highest BCUT2D eigenvalue weighted by atomic mass is 15.1. The topological polar surface area (TPSA) is 201 Å². The third-order valence-corrected chi connectivity index (χ3v) is 21.2. The molecule has 118 heavy (non-hydrogen) atoms. The van der Waals surface area contributed by atoms with Crippen molar-refractivity contribution in [3.63, 3.8) is 0 Å². The number of aromatic nitrogens is 15. The lowest BCUT2D eigenvalue weighted by atomic mass is 10.0. The van der Waals surface area contributed by atoms with E-state index in [9.17, 15) is 5.26 Å². The van der Waals surface area contributed by atoms with Crippen molar-refractivity contribution < 1.29 is 0 Å². The van der Waals surface area contributed by atoms with E-state index in [1.54, 1.807) is 0 Å². The molecule has 0 radical (unpaired) electrons. The molecule has 0 amide bonds. The summed E-state index contributed by atoms with van der Waals surface area (Å²) >= 11 is 0. The van der Waals surface area contributed by atoms with Gasteiger partial charge in [0.15, 0.2) is 69.9 Å². The molecular weight excluding hydrogens is 1450 g/mol. The molecule has 0 saturated heterocycles. The fraction of sp³-hybridized carbons (Fsp3) is 0. The van der Waals surface area contributed by atoms with Gasteiger partial charge in [0.25, 0.3) is 0 Å². The maximum Gasteiger partial charge on any atom is 0.164 e. The van der Waals surface area contributed by atoms with Crippen LogP contribution in [-0.4, -0.2) is 73.9 Å². The van der Waals surface area contributed by atoms with E-state index in [-0.39, 0.29) is 0 Å². The highest BCUT2D eigenvalue weighted by Gasteiger charge is 2.27. The molecule has 0 saturated carbocycles. The second-order valence-corrected chi connectivity index (χ2v) is 28.5. The summed E-state index contributed by atoms with van der Waals surface area (Å²) in [5.74, 6) is 6.18. The molecule has 21 rings (SSSR count). The Labute approximate surface area is 677 Å². The van der Waals surface area contributed by atoms with Gasteiger partial charge in [0.2, 0.25) is 0 Å². The van der Waals surface area contributed by atoms with Gasteiger partial charge in [-0.2, -0.15) is 5.26 Å². The van der Waals surface area contributed by atoms with Gasteiger partial charge in [-0.1, -0.05) is 279 Å². The number of nitriles is 1. The Morgan fingerprint density at radius 3 is 0.644 bits per heavy atom. The summed E-state index contributed by atoms with van der Waals surface area (Å²) in [4.78, 5) is 68.0. The number of pyridine rings is 1. The average molecular weight is 1510 g/mol. The Morgan fingerprint density at radius 1 is 0.178 bits per heavy atom. The fourth-order valence-electron chi connectivity index (χ4n) is 15.5. The van der Waals surface area contributed by atoms with Gasteiger partial charge in [0, 0.05) is 99.4 Å². The first kappa shape index (κ1) is 69.3. The molecule has 550 valence electrons. The van der Waals surface area contributed by atoms with Crippen molar-refractivity contribution in [1.82, 2.24) is 73.9 Å². The SMILES string of the molecule is N#Cc1cc(-n2c3ccc(-c4nc(-c5ccccc5)nc(-c5ccccc5)n4)cc3c3cc(-c4nc(-c5ccccc5)nc(-c5ccccc5)n4)ccc32)c(-c2cccc(-c3ccccc3)n2)cc1-n1c2ccc(-c3nc(-c4ccccc4)nc(-c4ccccc4)n3)cc2c2cc(-c3nc(-c4ccccc4)nc(-c4ccccc4)n3)ccc21. The predicted octanol–water partition coefficient (Wildman–Crippen LogP) is 23.2. The monoisotopic (exact) mass is 1510 g/mol. The normalized spacial score (nSPS) is 11.4. The second-order valence-electron chi connectivity index (χ2n) is 28.5. The summed E-state index contributed by atoms with van der Waals surface area (Å²) in [7, 11) is 0. The fourth-order valence-corrected chi connectivity index (χ4v) is 15.5. The summed E-state index contributed by atoms with van der Waals surface area (Å²) < 4.78 is 4.44. The summed E-state index contributed by atoms with van der Waals surface area (Å²) in [6.45, 7) is 0. The van der Waals surface area contributed by atoms with E-state index in [1.807, 2.05) is 285 Å². The summed E-state index contributed by atoms with van der Waals surface area (Å²) in [6.07, 6.45) is 0. The number of fused-ring (bicyclic) bond motifs is 6. The van der Waals surface area contributed by atoms with Crippen molar-refractivity contribution in [3.05, 3.63) is 382 Å². The first-order valence-electron chi connectivity index (χ1n) is 38.7. The summed E-state index contributed by atoms with van der Waals surface area (Å²) in [5, 5.41) is 15.7. The van der Waals surface area contributed by atoms with Crippen LogP contribution in [0.15, 0.2) is 376 Å². The van der Waals surface area contributed by atoms with Crippen molar-refractivity contribution in [2.24, 2.45) is 0 Å². The lowest BCUT2D eigenvalue weighted by Gasteiger charge is -2.19. The van der Waals surface area contributed by atoms with Crippen molar-refractivity contribution in [2.75, 3.05) is 0 Å². The smallest absolute Gasteiger partial charge is 0.164 e. The molecule has 21 aromatic rings. The van der Waals surface area contributed by atoms with Gasteiger partial charge in [-0.15, -0.1) is 0 Å². The Bertz CT molecular complexity index is 6860. The zero-order valence-electron chi connectivity index (χ0n) is 63.0. The van der Waals surface area contributed by atoms with Gasteiger partial charge in [-0.3, -0.25) is 0 Å². The minimum Gasteiger partial charge on any atom is -0.309 e. The molecule has 14 aromatic carbocycles. The van der Waals surface area contributed by atoms with Crippen LogP contribution in [-0.2, 0) is 0 Å². The van der Waals surface area contributed by atoms with Crippen LogP contribution >= 0.6 is 0 Å². The van der Waals surface area contributed by atoms with Crippen LogP contribution in [0.25, 0.3) is 214 Å². The molecule has 0 spiro atoms. The molecule has 7 aromatic heterocycles. The first-order chi connectivity index (χ1) is 58.4. The van der Waals surface area contributed by atoms with Gasteiger partial charge in [-0.05, 0) is 97.1 Å². The lowest BCUT2D eigenvalue weighted by molar-refractivity contribution is 1.07. The number of hydrogen-bond acceptors (Lipinski definition) is 14. The number of benzene rings is 14. The average Bonchev–Trinajstić information content (AvgIpc) is 1.56. The minimum absolute atomic E-state index is 0.377. The molecule has 0 N–H and O–H groups in total. The van der Waals surface area contributed by atoms with Gasteiger partial charge in [-0.25, -0.2) is 64.8 Å². The quantitative estimate of drug-likeness (QED) is 0.0884. The molecule has 16 heteroatoms. The molecule has 0 fully saturated rings.